The second kappa shape index (κ2) is 5.03. The van der Waals surface area contributed by atoms with Crippen LogP contribution in [0.4, 0.5) is 0 Å². The van der Waals surface area contributed by atoms with E-state index in [1.54, 1.807) is 17.0 Å². The Labute approximate surface area is 116 Å². The lowest BCUT2D eigenvalue weighted by molar-refractivity contribution is -0.158. The highest BCUT2D eigenvalue weighted by molar-refractivity contribution is 7.17. The monoisotopic (exact) mass is 285 g/mol. The van der Waals surface area contributed by atoms with Gasteiger partial charge < -0.3 is 10.0 Å². The van der Waals surface area contributed by atoms with E-state index < -0.39 is 5.60 Å². The largest absolute Gasteiger partial charge is 0.386 e. The Kier molecular flexibility index (Phi) is 3.80. The van der Waals surface area contributed by atoms with Gasteiger partial charge in [-0.2, -0.15) is 0 Å². The van der Waals surface area contributed by atoms with E-state index in [4.69, 9.17) is 11.6 Å². The minimum absolute atomic E-state index is 0.0650. The summed E-state index contributed by atoms with van der Waals surface area (Å²) in [7, 11) is 0. The van der Waals surface area contributed by atoms with Crippen LogP contribution in [0.15, 0.2) is 18.2 Å². The van der Waals surface area contributed by atoms with Crippen LogP contribution in [-0.4, -0.2) is 34.6 Å². The molecule has 3 nitrogen and oxygen atoms in total. The number of carbonyl (C=O) groups is 1. The SMILES string of the molecule is CC(C)C1(O)CN(C(=O)C=Cc2ccc(Cl)s2)C1. The van der Waals surface area contributed by atoms with Gasteiger partial charge in [0.15, 0.2) is 0 Å². The molecule has 1 aromatic heterocycles. The number of nitrogens with zero attached hydrogens (tertiary/aromatic N) is 1. The molecule has 18 heavy (non-hydrogen) atoms. The van der Waals surface area contributed by atoms with Crippen LogP contribution >= 0.6 is 22.9 Å². The number of halogens is 1. The number of rotatable bonds is 3. The summed E-state index contributed by atoms with van der Waals surface area (Å²) in [4.78, 5) is 14.4. The van der Waals surface area contributed by atoms with Gasteiger partial charge in [-0.1, -0.05) is 25.4 Å². The quantitative estimate of drug-likeness (QED) is 0.868. The molecule has 1 aromatic rings. The second-order valence-corrected chi connectivity index (χ2v) is 6.67. The smallest absolute Gasteiger partial charge is 0.246 e. The zero-order valence-corrected chi connectivity index (χ0v) is 12.0. The molecule has 1 aliphatic heterocycles. The van der Waals surface area contributed by atoms with Gasteiger partial charge in [-0.25, -0.2) is 0 Å². The number of thiophene rings is 1. The molecule has 0 spiro atoms. The lowest BCUT2D eigenvalue weighted by Gasteiger charge is -2.48. The first-order valence-corrected chi connectivity index (χ1v) is 7.05. The minimum Gasteiger partial charge on any atom is -0.386 e. The third-order valence-corrected chi connectivity index (χ3v) is 4.50. The highest BCUT2D eigenvalue weighted by atomic mass is 35.5. The van der Waals surface area contributed by atoms with Crippen LogP contribution < -0.4 is 0 Å². The summed E-state index contributed by atoms with van der Waals surface area (Å²) < 4.78 is 0.709. The molecule has 2 heterocycles. The molecular weight excluding hydrogens is 270 g/mol. The summed E-state index contributed by atoms with van der Waals surface area (Å²) in [5.41, 5.74) is -0.713. The van der Waals surface area contributed by atoms with Crippen LogP contribution in [0.1, 0.15) is 18.7 Å². The molecule has 0 saturated carbocycles. The normalized spacial score (nSPS) is 18.4. The molecule has 1 N–H and O–H groups in total. The van der Waals surface area contributed by atoms with Gasteiger partial charge in [-0.15, -0.1) is 11.3 Å². The zero-order chi connectivity index (χ0) is 13.3. The third-order valence-electron chi connectivity index (χ3n) is 3.30. The lowest BCUT2D eigenvalue weighted by Crippen LogP contribution is -2.65. The third kappa shape index (κ3) is 2.76. The molecule has 98 valence electrons. The van der Waals surface area contributed by atoms with Crippen molar-refractivity contribution in [3.05, 3.63) is 27.4 Å². The van der Waals surface area contributed by atoms with Crippen molar-refractivity contribution in [2.75, 3.05) is 13.1 Å². The molecule has 5 heteroatoms. The maximum atomic E-state index is 11.8. The standard InChI is InChI=1S/C13H16ClNO2S/c1-9(2)13(17)7-15(8-13)12(16)6-4-10-3-5-11(14)18-10/h3-6,9,17H,7-8H2,1-2H3. The van der Waals surface area contributed by atoms with Gasteiger partial charge in [0.25, 0.3) is 0 Å². The maximum Gasteiger partial charge on any atom is 0.246 e. The first kappa shape index (κ1) is 13.6. The van der Waals surface area contributed by atoms with Crippen molar-refractivity contribution in [3.8, 4) is 0 Å². The van der Waals surface area contributed by atoms with Crippen LogP contribution in [0.3, 0.4) is 0 Å². The fraction of sp³-hybridized carbons (Fsp3) is 0.462. The lowest BCUT2D eigenvalue weighted by atomic mass is 9.83. The van der Waals surface area contributed by atoms with Gasteiger partial charge in [-0.05, 0) is 24.1 Å². The van der Waals surface area contributed by atoms with E-state index in [1.807, 2.05) is 19.9 Å². The Balaban J connectivity index is 1.89. The highest BCUT2D eigenvalue weighted by Gasteiger charge is 2.45. The topological polar surface area (TPSA) is 40.5 Å². The van der Waals surface area contributed by atoms with Gasteiger partial charge in [0.2, 0.25) is 5.91 Å². The molecule has 2 rings (SSSR count). The minimum atomic E-state index is -0.713. The molecular formula is C13H16ClNO2S. The molecule has 0 aliphatic carbocycles. The van der Waals surface area contributed by atoms with E-state index in [2.05, 4.69) is 0 Å². The summed E-state index contributed by atoms with van der Waals surface area (Å²) in [6.45, 7) is 4.76. The molecule has 0 unspecified atom stereocenters. The summed E-state index contributed by atoms with van der Waals surface area (Å²) in [6, 6.07) is 3.68. The van der Waals surface area contributed by atoms with E-state index in [0.29, 0.717) is 17.4 Å². The van der Waals surface area contributed by atoms with Crippen molar-refractivity contribution in [1.82, 2.24) is 4.90 Å². The van der Waals surface area contributed by atoms with Crippen LogP contribution in [0.25, 0.3) is 6.08 Å². The van der Waals surface area contributed by atoms with Crippen LogP contribution in [0.5, 0.6) is 0 Å². The molecule has 0 radical (unpaired) electrons. The van der Waals surface area contributed by atoms with E-state index in [1.165, 1.54) is 17.4 Å². The Hall–Kier alpha value is -0.840. The van der Waals surface area contributed by atoms with Crippen molar-refractivity contribution in [2.45, 2.75) is 19.4 Å². The van der Waals surface area contributed by atoms with Crippen molar-refractivity contribution in [2.24, 2.45) is 5.92 Å². The fourth-order valence-electron chi connectivity index (χ4n) is 1.81. The Morgan fingerprint density at radius 1 is 1.56 bits per heavy atom. The van der Waals surface area contributed by atoms with Crippen molar-refractivity contribution in [1.29, 1.82) is 0 Å². The molecule has 0 aromatic carbocycles. The van der Waals surface area contributed by atoms with Gasteiger partial charge in [0.1, 0.15) is 5.60 Å². The molecule has 1 amide bonds. The van der Waals surface area contributed by atoms with Gasteiger partial charge in [-0.3, -0.25) is 4.79 Å². The van der Waals surface area contributed by atoms with Crippen LogP contribution in [0, 0.1) is 5.92 Å². The number of carbonyl (C=O) groups excluding carboxylic acids is 1. The number of hydrogen-bond donors (Lipinski definition) is 1. The fourth-order valence-corrected chi connectivity index (χ4v) is 2.78. The predicted molar refractivity (Wildman–Crippen MR) is 74.7 cm³/mol. The Morgan fingerprint density at radius 3 is 2.72 bits per heavy atom. The summed E-state index contributed by atoms with van der Waals surface area (Å²) in [5.74, 6) is 0.103. The first-order chi connectivity index (χ1) is 8.40. The van der Waals surface area contributed by atoms with E-state index in [0.717, 1.165) is 4.88 Å². The van der Waals surface area contributed by atoms with Gasteiger partial charge in [0.05, 0.1) is 17.4 Å². The average molecular weight is 286 g/mol. The van der Waals surface area contributed by atoms with Crippen molar-refractivity contribution < 1.29 is 9.90 Å². The number of amides is 1. The number of β-amino-alcohol motifs (C(OH)–C–C–N with tert-alkyl or cyclic N) is 1. The van der Waals surface area contributed by atoms with Crippen molar-refractivity contribution >= 4 is 34.9 Å². The second-order valence-electron chi connectivity index (χ2n) is 4.93. The maximum absolute atomic E-state index is 11.8. The van der Waals surface area contributed by atoms with Gasteiger partial charge >= 0.3 is 0 Å². The number of hydrogen-bond acceptors (Lipinski definition) is 3. The predicted octanol–water partition coefficient (Wildman–Crippen LogP) is 2.64. The average Bonchev–Trinajstić information content (AvgIpc) is 2.67. The number of likely N-dealkylation sites (tertiary alicyclic amines) is 1. The van der Waals surface area contributed by atoms with E-state index >= 15 is 0 Å². The Morgan fingerprint density at radius 2 is 2.22 bits per heavy atom. The molecule has 0 bridgehead atoms. The summed E-state index contributed by atoms with van der Waals surface area (Å²) >= 11 is 7.24. The van der Waals surface area contributed by atoms with E-state index in [-0.39, 0.29) is 11.8 Å². The highest BCUT2D eigenvalue weighted by Crippen LogP contribution is 2.29. The zero-order valence-electron chi connectivity index (χ0n) is 10.4. The first-order valence-electron chi connectivity index (χ1n) is 5.85. The van der Waals surface area contributed by atoms with E-state index in [9.17, 15) is 9.90 Å². The van der Waals surface area contributed by atoms with Crippen molar-refractivity contribution in [3.63, 3.8) is 0 Å². The molecule has 0 atom stereocenters. The van der Waals surface area contributed by atoms with Crippen LogP contribution in [0.2, 0.25) is 4.34 Å². The van der Waals surface area contributed by atoms with Crippen LogP contribution in [-0.2, 0) is 4.79 Å². The van der Waals surface area contributed by atoms with Gasteiger partial charge in [0, 0.05) is 11.0 Å². The molecule has 1 saturated heterocycles. The molecule has 1 aliphatic rings. The number of aliphatic hydroxyl groups is 1. The Bertz CT molecular complexity index is 475. The summed E-state index contributed by atoms with van der Waals surface area (Å²) in [5, 5.41) is 10.1. The molecule has 1 fully saturated rings. The summed E-state index contributed by atoms with van der Waals surface area (Å²) in [6.07, 6.45) is 3.29.